The number of carboxylic acids is 1. The van der Waals surface area contributed by atoms with Crippen molar-refractivity contribution in [3.63, 3.8) is 0 Å². The largest absolute Gasteiger partial charge is 0.496 e. The summed E-state index contributed by atoms with van der Waals surface area (Å²) in [6.45, 7) is 1.71. The highest BCUT2D eigenvalue weighted by molar-refractivity contribution is 5.91. The van der Waals surface area contributed by atoms with E-state index in [-0.39, 0.29) is 5.75 Å². The molecule has 1 aromatic rings. The highest BCUT2D eigenvalue weighted by Gasteiger charge is 2.31. The first-order valence-electron chi connectivity index (χ1n) is 5.48. The minimum Gasteiger partial charge on any atom is -0.496 e. The van der Waals surface area contributed by atoms with Gasteiger partial charge in [0.15, 0.2) is 0 Å². The van der Waals surface area contributed by atoms with Crippen molar-refractivity contribution in [3.05, 3.63) is 35.4 Å². The van der Waals surface area contributed by atoms with Gasteiger partial charge in [0.1, 0.15) is 5.75 Å². The summed E-state index contributed by atoms with van der Waals surface area (Å²) in [5.41, 5.74) is -0.0858. The molecule has 0 aromatic heterocycles. The molecule has 1 aromatic carbocycles. The van der Waals surface area contributed by atoms with Gasteiger partial charge in [-0.15, -0.1) is 0 Å². The first kappa shape index (κ1) is 15.1. The van der Waals surface area contributed by atoms with E-state index in [9.17, 15) is 18.0 Å². The molecule has 3 nitrogen and oxygen atoms in total. The van der Waals surface area contributed by atoms with Crippen LogP contribution in [0, 0.1) is 0 Å². The highest BCUT2D eigenvalue weighted by atomic mass is 19.4. The summed E-state index contributed by atoms with van der Waals surface area (Å²) >= 11 is 0. The monoisotopic (exact) mass is 274 g/mol. The fraction of sp³-hybridized carbons (Fsp3) is 0.308. The average Bonchev–Trinajstić information content (AvgIpc) is 2.33. The molecule has 1 rings (SSSR count). The molecule has 0 radical (unpaired) electrons. The Balaban J connectivity index is 3.33. The maximum absolute atomic E-state index is 12.6. The van der Waals surface area contributed by atoms with E-state index in [1.165, 1.54) is 13.2 Å². The fourth-order valence-corrected chi connectivity index (χ4v) is 1.65. The maximum Gasteiger partial charge on any atom is 0.416 e. The molecule has 0 bridgehead atoms. The van der Waals surface area contributed by atoms with Gasteiger partial charge in [-0.1, -0.05) is 13.0 Å². The number of benzene rings is 1. The van der Waals surface area contributed by atoms with Crippen molar-refractivity contribution in [2.24, 2.45) is 0 Å². The van der Waals surface area contributed by atoms with Crippen molar-refractivity contribution in [1.29, 1.82) is 0 Å². The molecule has 0 saturated carbocycles. The predicted octanol–water partition coefficient (Wildman–Crippen LogP) is 3.59. The third kappa shape index (κ3) is 3.74. The van der Waals surface area contributed by atoms with Gasteiger partial charge in [0.2, 0.25) is 0 Å². The van der Waals surface area contributed by atoms with Crippen molar-refractivity contribution in [1.82, 2.24) is 0 Å². The third-order valence-corrected chi connectivity index (χ3v) is 2.55. The summed E-state index contributed by atoms with van der Waals surface area (Å²) in [5.74, 6) is -1.15. The SMILES string of the molecule is CC/C(=C\C(=O)O)c1ccc(C(F)(F)F)cc1OC. The lowest BCUT2D eigenvalue weighted by Crippen LogP contribution is -2.06. The van der Waals surface area contributed by atoms with Crippen LogP contribution in [0.4, 0.5) is 13.2 Å². The molecule has 0 aliphatic carbocycles. The second kappa shape index (κ2) is 5.77. The Hall–Kier alpha value is -1.98. The molecule has 1 N–H and O–H groups in total. The molecule has 0 atom stereocenters. The number of methoxy groups -OCH3 is 1. The van der Waals surface area contributed by atoms with E-state index < -0.39 is 17.7 Å². The molecule has 6 heteroatoms. The number of hydrogen-bond donors (Lipinski definition) is 1. The van der Waals surface area contributed by atoms with Crippen LogP contribution in [-0.2, 0) is 11.0 Å². The van der Waals surface area contributed by atoms with Crippen molar-refractivity contribution >= 4 is 11.5 Å². The van der Waals surface area contributed by atoms with E-state index in [1.807, 2.05) is 0 Å². The van der Waals surface area contributed by atoms with Gasteiger partial charge in [-0.05, 0) is 24.1 Å². The summed E-state index contributed by atoms with van der Waals surface area (Å²) in [5, 5.41) is 8.73. The molecule has 104 valence electrons. The van der Waals surface area contributed by atoms with E-state index in [1.54, 1.807) is 6.92 Å². The van der Waals surface area contributed by atoms with Gasteiger partial charge in [-0.3, -0.25) is 0 Å². The van der Waals surface area contributed by atoms with Crippen LogP contribution in [0.25, 0.3) is 5.57 Å². The summed E-state index contributed by atoms with van der Waals surface area (Å²) in [6.07, 6.45) is -3.13. The van der Waals surface area contributed by atoms with Crippen molar-refractivity contribution in [2.45, 2.75) is 19.5 Å². The number of hydrogen-bond acceptors (Lipinski definition) is 2. The van der Waals surface area contributed by atoms with Crippen LogP contribution in [0.1, 0.15) is 24.5 Å². The Morgan fingerprint density at radius 3 is 2.47 bits per heavy atom. The van der Waals surface area contributed by atoms with Crippen LogP contribution >= 0.6 is 0 Å². The molecule has 19 heavy (non-hydrogen) atoms. The third-order valence-electron chi connectivity index (χ3n) is 2.55. The molecule has 0 saturated heterocycles. The number of aliphatic carboxylic acids is 1. The van der Waals surface area contributed by atoms with E-state index in [4.69, 9.17) is 9.84 Å². The minimum absolute atomic E-state index is 0.00387. The average molecular weight is 274 g/mol. The molecule has 0 amide bonds. The number of carboxylic acid groups (broad SMARTS) is 1. The van der Waals surface area contributed by atoms with E-state index >= 15 is 0 Å². The first-order valence-corrected chi connectivity index (χ1v) is 5.48. The molecule has 0 spiro atoms. The lowest BCUT2D eigenvalue weighted by atomic mass is 10.00. The number of halogens is 3. The Morgan fingerprint density at radius 2 is 2.05 bits per heavy atom. The fourth-order valence-electron chi connectivity index (χ4n) is 1.65. The number of ether oxygens (including phenoxy) is 1. The number of allylic oxidation sites excluding steroid dienone is 1. The van der Waals surface area contributed by atoms with Gasteiger partial charge < -0.3 is 9.84 Å². The summed E-state index contributed by atoms with van der Waals surface area (Å²) < 4.78 is 42.6. The van der Waals surface area contributed by atoms with Gasteiger partial charge >= 0.3 is 12.1 Å². The van der Waals surface area contributed by atoms with Gasteiger partial charge in [0.25, 0.3) is 0 Å². The Morgan fingerprint density at radius 1 is 1.42 bits per heavy atom. The van der Waals surface area contributed by atoms with Crippen LogP contribution in [0.5, 0.6) is 5.75 Å². The summed E-state index contributed by atoms with van der Waals surface area (Å²) in [6, 6.07) is 2.99. The topological polar surface area (TPSA) is 46.5 Å². The second-order valence-corrected chi connectivity index (χ2v) is 3.77. The van der Waals surface area contributed by atoms with E-state index in [2.05, 4.69) is 0 Å². The quantitative estimate of drug-likeness (QED) is 0.853. The van der Waals surface area contributed by atoms with E-state index in [0.717, 1.165) is 18.2 Å². The zero-order valence-electron chi connectivity index (χ0n) is 10.4. The molecule has 0 heterocycles. The van der Waals surface area contributed by atoms with Gasteiger partial charge in [0, 0.05) is 11.6 Å². The van der Waals surface area contributed by atoms with Crippen molar-refractivity contribution < 1.29 is 27.8 Å². The molecular weight excluding hydrogens is 261 g/mol. The lowest BCUT2D eigenvalue weighted by molar-refractivity contribution is -0.137. The van der Waals surface area contributed by atoms with Crippen LogP contribution in [0.3, 0.4) is 0 Å². The molecular formula is C13H13F3O3. The van der Waals surface area contributed by atoms with Crippen LogP contribution in [0.15, 0.2) is 24.3 Å². The predicted molar refractivity (Wildman–Crippen MR) is 63.9 cm³/mol. The van der Waals surface area contributed by atoms with Gasteiger partial charge in [-0.2, -0.15) is 13.2 Å². The molecule has 0 unspecified atom stereocenters. The van der Waals surface area contributed by atoms with Crippen LogP contribution in [-0.4, -0.2) is 18.2 Å². The zero-order chi connectivity index (χ0) is 14.6. The van der Waals surface area contributed by atoms with Gasteiger partial charge in [-0.25, -0.2) is 4.79 Å². The molecule has 0 fully saturated rings. The van der Waals surface area contributed by atoms with Crippen LogP contribution in [0.2, 0.25) is 0 Å². The number of rotatable bonds is 4. The van der Waals surface area contributed by atoms with Gasteiger partial charge in [0.05, 0.1) is 12.7 Å². The first-order chi connectivity index (χ1) is 8.79. The Bertz CT molecular complexity index is 504. The second-order valence-electron chi connectivity index (χ2n) is 3.77. The number of carbonyl (C=O) groups is 1. The smallest absolute Gasteiger partial charge is 0.416 e. The number of alkyl halides is 3. The maximum atomic E-state index is 12.6. The highest BCUT2D eigenvalue weighted by Crippen LogP contribution is 2.35. The Labute approximate surface area is 108 Å². The molecule has 0 aliphatic rings. The zero-order valence-corrected chi connectivity index (χ0v) is 10.4. The Kier molecular flexibility index (Phi) is 4.58. The standard InChI is InChI=1S/C13H13F3O3/c1-3-8(6-12(17)18)10-5-4-9(13(14,15)16)7-11(10)19-2/h4-7H,3H2,1-2H3,(H,17,18)/b8-6+. The normalized spacial score (nSPS) is 12.4. The molecule has 0 aliphatic heterocycles. The lowest BCUT2D eigenvalue weighted by Gasteiger charge is -2.14. The van der Waals surface area contributed by atoms with Crippen molar-refractivity contribution in [3.8, 4) is 5.75 Å². The van der Waals surface area contributed by atoms with Crippen LogP contribution < -0.4 is 4.74 Å². The summed E-state index contributed by atoms with van der Waals surface area (Å²) in [7, 11) is 1.24. The van der Waals surface area contributed by atoms with Crippen molar-refractivity contribution in [2.75, 3.05) is 7.11 Å². The minimum atomic E-state index is -4.46. The summed E-state index contributed by atoms with van der Waals surface area (Å²) in [4.78, 5) is 10.7. The van der Waals surface area contributed by atoms with E-state index in [0.29, 0.717) is 17.6 Å².